The standard InChI is InChI=1S/C24H30ClNO3/c1-4-19-6-8-20(9-7-19)23(27)26-12-5-10-24(28,11-13-26)16-29-21-14-17(2)22(25)18(3)15-21/h6-9,14-15,28H,4-5,10-13,16H2,1-3H3. The molecule has 156 valence electrons. The predicted molar refractivity (Wildman–Crippen MR) is 117 cm³/mol. The Balaban J connectivity index is 1.61. The number of aliphatic hydroxyl groups is 1. The number of hydrogen-bond acceptors (Lipinski definition) is 3. The molecule has 2 aromatic rings. The van der Waals surface area contributed by atoms with Crippen LogP contribution < -0.4 is 4.74 Å². The van der Waals surface area contributed by atoms with Crippen molar-refractivity contribution in [2.24, 2.45) is 0 Å². The van der Waals surface area contributed by atoms with E-state index < -0.39 is 5.60 Å². The molecule has 2 aromatic carbocycles. The first-order valence-corrected chi connectivity index (χ1v) is 10.7. The van der Waals surface area contributed by atoms with Gasteiger partial charge in [0.2, 0.25) is 0 Å². The fourth-order valence-corrected chi connectivity index (χ4v) is 3.91. The summed E-state index contributed by atoms with van der Waals surface area (Å²) in [6.45, 7) is 7.36. The number of amides is 1. The minimum absolute atomic E-state index is 0.0294. The van der Waals surface area contributed by atoms with Crippen LogP contribution in [0.5, 0.6) is 5.75 Å². The van der Waals surface area contributed by atoms with Gasteiger partial charge in [0.05, 0.1) is 0 Å². The van der Waals surface area contributed by atoms with Crippen molar-refractivity contribution in [3.63, 3.8) is 0 Å². The van der Waals surface area contributed by atoms with Crippen LogP contribution in [0.4, 0.5) is 0 Å². The number of likely N-dealkylation sites (tertiary alicyclic amines) is 1. The van der Waals surface area contributed by atoms with Crippen LogP contribution in [0.2, 0.25) is 5.02 Å². The van der Waals surface area contributed by atoms with Crippen molar-refractivity contribution in [2.45, 2.75) is 52.1 Å². The Bertz CT molecular complexity index is 842. The van der Waals surface area contributed by atoms with E-state index in [0.29, 0.717) is 37.2 Å². The lowest BCUT2D eigenvalue weighted by atomic mass is 9.96. The summed E-state index contributed by atoms with van der Waals surface area (Å²) in [7, 11) is 0. The van der Waals surface area contributed by atoms with E-state index in [2.05, 4.69) is 6.92 Å². The second-order valence-corrected chi connectivity index (χ2v) is 8.46. The number of ether oxygens (including phenoxy) is 1. The van der Waals surface area contributed by atoms with Gasteiger partial charge in [-0.2, -0.15) is 0 Å². The smallest absolute Gasteiger partial charge is 0.253 e. The lowest BCUT2D eigenvalue weighted by Gasteiger charge is -2.27. The molecule has 5 heteroatoms. The lowest BCUT2D eigenvalue weighted by molar-refractivity contribution is -0.0163. The quantitative estimate of drug-likeness (QED) is 0.751. The van der Waals surface area contributed by atoms with E-state index in [0.717, 1.165) is 29.0 Å². The minimum atomic E-state index is -0.942. The molecule has 1 unspecified atom stereocenters. The van der Waals surface area contributed by atoms with Crippen LogP contribution in [0.3, 0.4) is 0 Å². The van der Waals surface area contributed by atoms with Crippen molar-refractivity contribution in [1.29, 1.82) is 0 Å². The molecule has 0 aliphatic carbocycles. The summed E-state index contributed by atoms with van der Waals surface area (Å²) in [6, 6.07) is 11.6. The van der Waals surface area contributed by atoms with Crippen molar-refractivity contribution < 1.29 is 14.6 Å². The molecule has 0 aromatic heterocycles. The highest BCUT2D eigenvalue weighted by Gasteiger charge is 2.32. The maximum atomic E-state index is 12.8. The van der Waals surface area contributed by atoms with Gasteiger partial charge in [-0.1, -0.05) is 30.7 Å². The number of rotatable bonds is 5. The molecule has 0 saturated carbocycles. The van der Waals surface area contributed by atoms with Gasteiger partial charge in [-0.05, 0) is 80.5 Å². The Morgan fingerprint density at radius 1 is 1.14 bits per heavy atom. The highest BCUT2D eigenvalue weighted by Crippen LogP contribution is 2.28. The molecule has 4 nitrogen and oxygen atoms in total. The Morgan fingerprint density at radius 2 is 1.79 bits per heavy atom. The molecule has 0 spiro atoms. The molecule has 29 heavy (non-hydrogen) atoms. The zero-order chi connectivity index (χ0) is 21.0. The minimum Gasteiger partial charge on any atom is -0.491 e. The summed E-state index contributed by atoms with van der Waals surface area (Å²) in [5.41, 5.74) is 2.90. The predicted octanol–water partition coefficient (Wildman–Crippen LogP) is 4.96. The number of carbonyl (C=O) groups is 1. The zero-order valence-electron chi connectivity index (χ0n) is 17.5. The van der Waals surface area contributed by atoms with Crippen molar-refractivity contribution in [3.05, 3.63) is 63.7 Å². The summed E-state index contributed by atoms with van der Waals surface area (Å²) in [5, 5.41) is 11.8. The number of nitrogens with zero attached hydrogens (tertiary/aromatic N) is 1. The van der Waals surface area contributed by atoms with E-state index in [-0.39, 0.29) is 12.5 Å². The Labute approximate surface area is 178 Å². The van der Waals surface area contributed by atoms with Crippen LogP contribution in [-0.4, -0.2) is 41.2 Å². The number of halogens is 1. The monoisotopic (exact) mass is 415 g/mol. The molecule has 1 heterocycles. The second kappa shape index (κ2) is 9.19. The Hall–Kier alpha value is -2.04. The van der Waals surface area contributed by atoms with E-state index in [9.17, 15) is 9.90 Å². The first-order chi connectivity index (χ1) is 13.8. The van der Waals surface area contributed by atoms with Crippen LogP contribution in [0, 0.1) is 13.8 Å². The summed E-state index contributed by atoms with van der Waals surface area (Å²) < 4.78 is 5.91. The van der Waals surface area contributed by atoms with Gasteiger partial charge in [0.1, 0.15) is 18.0 Å². The van der Waals surface area contributed by atoms with Gasteiger partial charge in [-0.25, -0.2) is 0 Å². The third-order valence-corrected chi connectivity index (χ3v) is 6.33. The van der Waals surface area contributed by atoms with E-state index in [4.69, 9.17) is 16.3 Å². The lowest BCUT2D eigenvalue weighted by Crippen LogP contribution is -2.38. The zero-order valence-corrected chi connectivity index (χ0v) is 18.3. The highest BCUT2D eigenvalue weighted by atomic mass is 35.5. The normalized spacial score (nSPS) is 19.7. The largest absolute Gasteiger partial charge is 0.491 e. The first-order valence-electron chi connectivity index (χ1n) is 10.3. The van der Waals surface area contributed by atoms with Crippen LogP contribution in [0.15, 0.2) is 36.4 Å². The maximum Gasteiger partial charge on any atom is 0.253 e. The average Bonchev–Trinajstić information content (AvgIpc) is 2.92. The molecular weight excluding hydrogens is 386 g/mol. The van der Waals surface area contributed by atoms with Crippen LogP contribution >= 0.6 is 11.6 Å². The van der Waals surface area contributed by atoms with Crippen LogP contribution in [0.25, 0.3) is 0 Å². The Morgan fingerprint density at radius 3 is 2.41 bits per heavy atom. The van der Waals surface area contributed by atoms with Crippen molar-refractivity contribution in [1.82, 2.24) is 4.90 Å². The molecule has 1 N–H and O–H groups in total. The van der Waals surface area contributed by atoms with Gasteiger partial charge in [0.25, 0.3) is 5.91 Å². The van der Waals surface area contributed by atoms with E-state index >= 15 is 0 Å². The van der Waals surface area contributed by atoms with Crippen molar-refractivity contribution >= 4 is 17.5 Å². The number of hydrogen-bond donors (Lipinski definition) is 1. The van der Waals surface area contributed by atoms with Gasteiger partial charge < -0.3 is 14.7 Å². The molecule has 1 aliphatic heterocycles. The third-order valence-electron chi connectivity index (χ3n) is 5.73. The fourth-order valence-electron chi connectivity index (χ4n) is 3.80. The molecular formula is C24H30ClNO3. The summed E-state index contributed by atoms with van der Waals surface area (Å²) >= 11 is 6.22. The summed E-state index contributed by atoms with van der Waals surface area (Å²) in [5.74, 6) is 0.743. The van der Waals surface area contributed by atoms with Gasteiger partial charge in [-0.3, -0.25) is 4.79 Å². The highest BCUT2D eigenvalue weighted by molar-refractivity contribution is 6.32. The maximum absolute atomic E-state index is 12.8. The molecule has 1 saturated heterocycles. The van der Waals surface area contributed by atoms with Gasteiger partial charge >= 0.3 is 0 Å². The van der Waals surface area contributed by atoms with Gasteiger partial charge in [0, 0.05) is 23.7 Å². The summed E-state index contributed by atoms with van der Waals surface area (Å²) in [4.78, 5) is 14.7. The van der Waals surface area contributed by atoms with Gasteiger partial charge in [-0.15, -0.1) is 0 Å². The van der Waals surface area contributed by atoms with Crippen LogP contribution in [0.1, 0.15) is 53.2 Å². The second-order valence-electron chi connectivity index (χ2n) is 8.08. The molecule has 1 fully saturated rings. The molecule has 1 atom stereocenters. The number of benzene rings is 2. The molecule has 1 amide bonds. The summed E-state index contributed by atoms with van der Waals surface area (Å²) in [6.07, 6.45) is 2.81. The number of aryl methyl sites for hydroxylation is 3. The average molecular weight is 416 g/mol. The topological polar surface area (TPSA) is 49.8 Å². The van der Waals surface area contributed by atoms with E-state index in [1.165, 1.54) is 5.56 Å². The molecule has 0 radical (unpaired) electrons. The van der Waals surface area contributed by atoms with Crippen LogP contribution in [-0.2, 0) is 6.42 Å². The van der Waals surface area contributed by atoms with E-state index in [1.807, 2.05) is 55.1 Å². The number of carbonyl (C=O) groups excluding carboxylic acids is 1. The molecule has 3 rings (SSSR count). The SMILES string of the molecule is CCc1ccc(C(=O)N2CCCC(O)(COc3cc(C)c(Cl)c(C)c3)CC2)cc1. The molecule has 0 bridgehead atoms. The Kier molecular flexibility index (Phi) is 6.86. The van der Waals surface area contributed by atoms with Crippen molar-refractivity contribution in [2.75, 3.05) is 19.7 Å². The van der Waals surface area contributed by atoms with Crippen molar-refractivity contribution in [3.8, 4) is 5.75 Å². The van der Waals surface area contributed by atoms with E-state index in [1.54, 1.807) is 0 Å². The first kappa shape index (κ1) is 21.7. The fraction of sp³-hybridized carbons (Fsp3) is 0.458. The molecule has 1 aliphatic rings. The van der Waals surface area contributed by atoms with Gasteiger partial charge in [0.15, 0.2) is 0 Å². The third kappa shape index (κ3) is 5.31.